The minimum absolute atomic E-state index is 0.182. The van der Waals surface area contributed by atoms with E-state index in [9.17, 15) is 0 Å². The predicted octanol–water partition coefficient (Wildman–Crippen LogP) is 2.97. The number of hydrogen-bond acceptors (Lipinski definition) is 2. The number of rotatable bonds is 3. The Morgan fingerprint density at radius 3 is 2.87 bits per heavy atom. The third kappa shape index (κ3) is 2.57. The highest BCUT2D eigenvalue weighted by molar-refractivity contribution is 5.22. The first-order valence-corrected chi connectivity index (χ1v) is 5.94. The second-order valence-corrected chi connectivity index (χ2v) is 4.67. The summed E-state index contributed by atoms with van der Waals surface area (Å²) >= 11 is 0. The number of aromatic nitrogens is 1. The van der Waals surface area contributed by atoms with Gasteiger partial charge in [0.25, 0.3) is 0 Å². The van der Waals surface area contributed by atoms with Crippen LogP contribution in [0.5, 0.6) is 0 Å². The van der Waals surface area contributed by atoms with Gasteiger partial charge in [-0.1, -0.05) is 31.7 Å². The molecule has 82 valence electrons. The molecule has 0 aliphatic heterocycles. The molecule has 1 atom stereocenters. The number of hydrogen-bond donors (Lipinski definition) is 1. The van der Waals surface area contributed by atoms with E-state index < -0.39 is 0 Å². The summed E-state index contributed by atoms with van der Waals surface area (Å²) in [6.07, 6.45) is 8.49. The highest BCUT2D eigenvalue weighted by atomic mass is 14.7. The maximum atomic E-state index is 6.24. The van der Waals surface area contributed by atoms with Gasteiger partial charge in [0.15, 0.2) is 0 Å². The summed E-state index contributed by atoms with van der Waals surface area (Å²) in [5.74, 6) is 0.847. The molecular weight excluding hydrogens is 184 g/mol. The molecule has 2 nitrogen and oxygen atoms in total. The Balaban J connectivity index is 2.00. The molecule has 1 heterocycles. The molecule has 0 amide bonds. The Hall–Kier alpha value is -0.890. The van der Waals surface area contributed by atoms with Gasteiger partial charge in [-0.15, -0.1) is 0 Å². The van der Waals surface area contributed by atoms with Crippen molar-refractivity contribution in [3.63, 3.8) is 0 Å². The maximum Gasteiger partial charge on any atom is 0.0420 e. The minimum Gasteiger partial charge on any atom is -0.324 e. The summed E-state index contributed by atoms with van der Waals surface area (Å²) in [5, 5.41) is 0. The molecule has 1 aromatic rings. The van der Waals surface area contributed by atoms with E-state index in [0.29, 0.717) is 0 Å². The zero-order chi connectivity index (χ0) is 10.7. The van der Waals surface area contributed by atoms with E-state index in [2.05, 4.69) is 11.1 Å². The summed E-state index contributed by atoms with van der Waals surface area (Å²) in [4.78, 5) is 4.29. The SMILES string of the molecule is Cc1ncccc1C(N)CC1CCCC1. The van der Waals surface area contributed by atoms with E-state index in [0.717, 1.165) is 18.0 Å². The minimum atomic E-state index is 0.182. The van der Waals surface area contributed by atoms with Crippen molar-refractivity contribution in [1.82, 2.24) is 4.98 Å². The molecule has 1 unspecified atom stereocenters. The molecule has 1 saturated carbocycles. The van der Waals surface area contributed by atoms with Crippen LogP contribution in [-0.4, -0.2) is 4.98 Å². The molecule has 0 aromatic carbocycles. The summed E-state index contributed by atoms with van der Waals surface area (Å²) in [6.45, 7) is 2.05. The van der Waals surface area contributed by atoms with Gasteiger partial charge in [0.1, 0.15) is 0 Å². The molecule has 2 N–H and O–H groups in total. The first-order chi connectivity index (χ1) is 7.27. The van der Waals surface area contributed by atoms with E-state index in [1.54, 1.807) is 0 Å². The molecule has 1 aliphatic carbocycles. The Kier molecular flexibility index (Phi) is 3.37. The van der Waals surface area contributed by atoms with Gasteiger partial charge >= 0.3 is 0 Å². The predicted molar refractivity (Wildman–Crippen MR) is 62.5 cm³/mol. The van der Waals surface area contributed by atoms with Crippen molar-refractivity contribution in [3.8, 4) is 0 Å². The van der Waals surface area contributed by atoms with Crippen LogP contribution in [-0.2, 0) is 0 Å². The van der Waals surface area contributed by atoms with Crippen molar-refractivity contribution < 1.29 is 0 Å². The summed E-state index contributed by atoms with van der Waals surface area (Å²) in [7, 11) is 0. The highest BCUT2D eigenvalue weighted by Crippen LogP contribution is 2.32. The topological polar surface area (TPSA) is 38.9 Å². The van der Waals surface area contributed by atoms with Crippen LogP contribution in [0.15, 0.2) is 18.3 Å². The number of pyridine rings is 1. The van der Waals surface area contributed by atoms with Gasteiger partial charge in [-0.25, -0.2) is 0 Å². The Bertz CT molecular complexity index is 316. The smallest absolute Gasteiger partial charge is 0.0420 e. The van der Waals surface area contributed by atoms with Crippen LogP contribution >= 0.6 is 0 Å². The average Bonchev–Trinajstić information content (AvgIpc) is 2.71. The van der Waals surface area contributed by atoms with Gasteiger partial charge in [-0.3, -0.25) is 4.98 Å². The third-order valence-electron chi connectivity index (χ3n) is 3.51. The summed E-state index contributed by atoms with van der Waals surface area (Å²) < 4.78 is 0. The van der Waals surface area contributed by atoms with Crippen molar-refractivity contribution in [2.75, 3.05) is 0 Å². The van der Waals surface area contributed by atoms with Crippen molar-refractivity contribution in [2.45, 2.75) is 45.1 Å². The van der Waals surface area contributed by atoms with Crippen LogP contribution in [0.2, 0.25) is 0 Å². The largest absolute Gasteiger partial charge is 0.324 e. The number of aryl methyl sites for hydroxylation is 1. The van der Waals surface area contributed by atoms with E-state index in [4.69, 9.17) is 5.73 Å². The fourth-order valence-corrected chi connectivity index (χ4v) is 2.62. The van der Waals surface area contributed by atoms with E-state index >= 15 is 0 Å². The van der Waals surface area contributed by atoms with Crippen LogP contribution in [0.3, 0.4) is 0 Å². The van der Waals surface area contributed by atoms with Gasteiger partial charge < -0.3 is 5.73 Å². The molecular formula is C13H20N2. The Morgan fingerprint density at radius 1 is 1.47 bits per heavy atom. The Morgan fingerprint density at radius 2 is 2.20 bits per heavy atom. The number of nitrogens with two attached hydrogens (primary N) is 1. The molecule has 0 radical (unpaired) electrons. The fourth-order valence-electron chi connectivity index (χ4n) is 2.62. The quantitative estimate of drug-likeness (QED) is 0.822. The van der Waals surface area contributed by atoms with E-state index in [-0.39, 0.29) is 6.04 Å². The lowest BCUT2D eigenvalue weighted by atomic mass is 9.94. The van der Waals surface area contributed by atoms with Gasteiger partial charge in [0.05, 0.1) is 0 Å². The van der Waals surface area contributed by atoms with Crippen molar-refractivity contribution in [1.29, 1.82) is 0 Å². The first kappa shape index (κ1) is 10.6. The van der Waals surface area contributed by atoms with E-state index in [1.807, 2.05) is 19.2 Å². The highest BCUT2D eigenvalue weighted by Gasteiger charge is 2.19. The van der Waals surface area contributed by atoms with Crippen LogP contribution in [0, 0.1) is 12.8 Å². The molecule has 2 heteroatoms. The van der Waals surface area contributed by atoms with Gasteiger partial charge in [-0.2, -0.15) is 0 Å². The van der Waals surface area contributed by atoms with E-state index in [1.165, 1.54) is 31.2 Å². The lowest BCUT2D eigenvalue weighted by Crippen LogP contribution is -2.15. The van der Waals surface area contributed by atoms with Crippen molar-refractivity contribution in [3.05, 3.63) is 29.6 Å². The monoisotopic (exact) mass is 204 g/mol. The van der Waals surface area contributed by atoms with Gasteiger partial charge in [0, 0.05) is 17.9 Å². The summed E-state index contributed by atoms with van der Waals surface area (Å²) in [5.41, 5.74) is 8.55. The molecule has 0 saturated heterocycles. The molecule has 0 spiro atoms. The average molecular weight is 204 g/mol. The van der Waals surface area contributed by atoms with Gasteiger partial charge in [0.2, 0.25) is 0 Å². The Labute approximate surface area is 91.9 Å². The molecule has 1 aliphatic rings. The first-order valence-electron chi connectivity index (χ1n) is 5.94. The van der Waals surface area contributed by atoms with Crippen LogP contribution in [0.4, 0.5) is 0 Å². The second kappa shape index (κ2) is 4.75. The lowest BCUT2D eigenvalue weighted by molar-refractivity contribution is 0.449. The van der Waals surface area contributed by atoms with Crippen molar-refractivity contribution >= 4 is 0 Å². The zero-order valence-corrected chi connectivity index (χ0v) is 9.45. The van der Waals surface area contributed by atoms with Gasteiger partial charge in [-0.05, 0) is 30.9 Å². The molecule has 1 fully saturated rings. The van der Waals surface area contributed by atoms with Crippen LogP contribution < -0.4 is 5.73 Å². The number of nitrogens with zero attached hydrogens (tertiary/aromatic N) is 1. The second-order valence-electron chi connectivity index (χ2n) is 4.67. The molecule has 0 bridgehead atoms. The molecule has 1 aromatic heterocycles. The molecule has 15 heavy (non-hydrogen) atoms. The van der Waals surface area contributed by atoms with Crippen molar-refractivity contribution in [2.24, 2.45) is 11.7 Å². The molecule has 2 rings (SSSR count). The maximum absolute atomic E-state index is 6.24. The lowest BCUT2D eigenvalue weighted by Gasteiger charge is -2.17. The van der Waals surface area contributed by atoms with Crippen LogP contribution in [0.25, 0.3) is 0 Å². The summed E-state index contributed by atoms with van der Waals surface area (Å²) in [6, 6.07) is 4.28. The standard InChI is InChI=1S/C13H20N2/c1-10-12(7-4-8-15-10)13(14)9-11-5-2-3-6-11/h4,7-8,11,13H,2-3,5-6,9,14H2,1H3. The third-order valence-corrected chi connectivity index (χ3v) is 3.51. The fraction of sp³-hybridized carbons (Fsp3) is 0.615. The zero-order valence-electron chi connectivity index (χ0n) is 9.45. The van der Waals surface area contributed by atoms with Crippen LogP contribution in [0.1, 0.15) is 49.4 Å². The normalized spacial score (nSPS) is 19.3.